The smallest absolute Gasteiger partial charge is 0.347 e. The summed E-state index contributed by atoms with van der Waals surface area (Å²) in [4.78, 5) is 33.7. The highest BCUT2D eigenvalue weighted by Gasteiger charge is 2.12. The number of carboxylic acids is 1. The lowest BCUT2D eigenvalue weighted by Gasteiger charge is -2.07. The highest BCUT2D eigenvalue weighted by molar-refractivity contribution is 5.88. The van der Waals surface area contributed by atoms with Crippen molar-refractivity contribution in [3.8, 4) is 0 Å². The number of hydrogen-bond donors (Lipinski definition) is 1. The number of rotatable bonds is 3. The molecule has 0 fully saturated rings. The van der Waals surface area contributed by atoms with E-state index in [-0.39, 0.29) is 17.8 Å². The van der Waals surface area contributed by atoms with Gasteiger partial charge in [0.1, 0.15) is 11.9 Å². The van der Waals surface area contributed by atoms with Gasteiger partial charge < -0.3 is 5.11 Å². The molecule has 18 heavy (non-hydrogen) atoms. The average molecular weight is 246 g/mol. The summed E-state index contributed by atoms with van der Waals surface area (Å²) in [6, 6.07) is 0. The lowest BCUT2D eigenvalue weighted by molar-refractivity contribution is 0.0694. The van der Waals surface area contributed by atoms with Crippen LogP contribution in [0.3, 0.4) is 0 Å². The summed E-state index contributed by atoms with van der Waals surface area (Å²) in [5.41, 5.74) is 0.606. The Labute approximate surface area is 102 Å². The standard InChI is InChI=1S/C11H10N4O3/c1-7-2-13-11(18)15(4-7)5-9-8(10(16)17)3-12-6-14-9/h2-4,6H,5H2,1H3,(H,16,17). The van der Waals surface area contributed by atoms with Crippen molar-refractivity contribution in [2.45, 2.75) is 13.5 Å². The predicted octanol–water partition coefficient (Wildman–Crippen LogP) is 0.0882. The zero-order valence-electron chi connectivity index (χ0n) is 9.57. The van der Waals surface area contributed by atoms with Crippen LogP contribution in [-0.4, -0.2) is 30.6 Å². The zero-order valence-corrected chi connectivity index (χ0v) is 9.57. The quantitative estimate of drug-likeness (QED) is 0.824. The summed E-state index contributed by atoms with van der Waals surface area (Å²) in [6.45, 7) is 1.85. The maximum atomic E-state index is 11.5. The first kappa shape index (κ1) is 11.9. The molecular weight excluding hydrogens is 236 g/mol. The van der Waals surface area contributed by atoms with Gasteiger partial charge in [0.25, 0.3) is 0 Å². The van der Waals surface area contributed by atoms with E-state index in [0.29, 0.717) is 0 Å². The molecule has 0 spiro atoms. The van der Waals surface area contributed by atoms with Crippen molar-refractivity contribution in [1.82, 2.24) is 19.5 Å². The third-order valence-corrected chi connectivity index (χ3v) is 2.33. The summed E-state index contributed by atoms with van der Waals surface area (Å²) in [5, 5.41) is 8.98. The van der Waals surface area contributed by atoms with Crippen molar-refractivity contribution in [1.29, 1.82) is 0 Å². The van der Waals surface area contributed by atoms with Crippen LogP contribution >= 0.6 is 0 Å². The molecule has 0 aliphatic heterocycles. The average Bonchev–Trinajstić information content (AvgIpc) is 2.34. The number of aromatic nitrogens is 4. The first-order valence-corrected chi connectivity index (χ1v) is 5.13. The van der Waals surface area contributed by atoms with Gasteiger partial charge >= 0.3 is 11.7 Å². The van der Waals surface area contributed by atoms with Crippen molar-refractivity contribution in [2.75, 3.05) is 0 Å². The minimum Gasteiger partial charge on any atom is -0.478 e. The fraction of sp³-hybridized carbons (Fsp3) is 0.182. The van der Waals surface area contributed by atoms with Crippen LogP contribution in [0.25, 0.3) is 0 Å². The Kier molecular flexibility index (Phi) is 3.13. The van der Waals surface area contributed by atoms with Crippen LogP contribution in [0.4, 0.5) is 0 Å². The fourth-order valence-electron chi connectivity index (χ4n) is 1.50. The van der Waals surface area contributed by atoms with Crippen molar-refractivity contribution < 1.29 is 9.90 Å². The summed E-state index contributed by atoms with van der Waals surface area (Å²) < 4.78 is 1.31. The minimum absolute atomic E-state index is 0.0223. The fourth-order valence-corrected chi connectivity index (χ4v) is 1.50. The van der Waals surface area contributed by atoms with Gasteiger partial charge in [-0.25, -0.2) is 24.5 Å². The summed E-state index contributed by atoms with van der Waals surface area (Å²) in [7, 11) is 0. The highest BCUT2D eigenvalue weighted by atomic mass is 16.4. The number of aromatic carboxylic acids is 1. The summed E-state index contributed by atoms with van der Waals surface area (Å²) >= 11 is 0. The van der Waals surface area contributed by atoms with E-state index in [0.717, 1.165) is 5.56 Å². The highest BCUT2D eigenvalue weighted by Crippen LogP contribution is 2.05. The molecule has 0 aromatic carbocycles. The van der Waals surface area contributed by atoms with Gasteiger partial charge in [0.05, 0.1) is 12.2 Å². The molecule has 7 nitrogen and oxygen atoms in total. The maximum Gasteiger partial charge on any atom is 0.347 e. The van der Waals surface area contributed by atoms with Gasteiger partial charge in [-0.15, -0.1) is 0 Å². The van der Waals surface area contributed by atoms with Gasteiger partial charge in [0, 0.05) is 18.6 Å². The predicted molar refractivity (Wildman–Crippen MR) is 61.3 cm³/mol. The minimum atomic E-state index is -1.13. The molecule has 7 heteroatoms. The molecule has 92 valence electrons. The molecule has 0 bridgehead atoms. The number of hydrogen-bond acceptors (Lipinski definition) is 5. The Morgan fingerprint density at radius 3 is 2.89 bits per heavy atom. The van der Waals surface area contributed by atoms with E-state index in [1.165, 1.54) is 23.3 Å². The molecule has 0 saturated carbocycles. The second-order valence-electron chi connectivity index (χ2n) is 3.73. The zero-order chi connectivity index (χ0) is 13.1. The van der Waals surface area contributed by atoms with Crippen molar-refractivity contribution in [3.05, 3.63) is 52.2 Å². The molecular formula is C11H10N4O3. The van der Waals surface area contributed by atoms with Crippen LogP contribution in [0.1, 0.15) is 21.6 Å². The molecule has 2 aromatic rings. The summed E-state index contributed by atoms with van der Waals surface area (Å²) in [5.74, 6) is -1.13. The van der Waals surface area contributed by atoms with Gasteiger partial charge in [0.15, 0.2) is 0 Å². The van der Waals surface area contributed by atoms with E-state index in [9.17, 15) is 9.59 Å². The molecule has 0 radical (unpaired) electrons. The first-order chi connectivity index (χ1) is 8.58. The van der Waals surface area contributed by atoms with Crippen molar-refractivity contribution in [2.24, 2.45) is 0 Å². The van der Waals surface area contributed by atoms with Crippen molar-refractivity contribution in [3.63, 3.8) is 0 Å². The van der Waals surface area contributed by atoms with Crippen LogP contribution in [0.5, 0.6) is 0 Å². The van der Waals surface area contributed by atoms with E-state index in [2.05, 4.69) is 15.0 Å². The van der Waals surface area contributed by atoms with Gasteiger partial charge in [-0.3, -0.25) is 4.57 Å². The van der Waals surface area contributed by atoms with Crippen LogP contribution in [0.2, 0.25) is 0 Å². The van der Waals surface area contributed by atoms with E-state index in [1.54, 1.807) is 13.1 Å². The molecule has 0 aliphatic rings. The second kappa shape index (κ2) is 4.74. The molecule has 2 aromatic heterocycles. The Morgan fingerprint density at radius 2 is 2.17 bits per heavy atom. The first-order valence-electron chi connectivity index (χ1n) is 5.13. The van der Waals surface area contributed by atoms with Crippen LogP contribution in [0.15, 0.2) is 29.7 Å². The SMILES string of the molecule is Cc1cnc(=O)n(Cc2ncncc2C(=O)O)c1. The van der Waals surface area contributed by atoms with Gasteiger partial charge in [-0.05, 0) is 12.5 Å². The molecule has 0 aliphatic carbocycles. The van der Waals surface area contributed by atoms with Crippen LogP contribution < -0.4 is 5.69 Å². The molecule has 2 rings (SSSR count). The van der Waals surface area contributed by atoms with Crippen molar-refractivity contribution >= 4 is 5.97 Å². The monoisotopic (exact) mass is 246 g/mol. The molecule has 0 unspecified atom stereocenters. The Bertz CT molecular complexity index is 651. The third kappa shape index (κ3) is 2.40. The molecule has 0 amide bonds. The number of carbonyl (C=O) groups is 1. The Morgan fingerprint density at radius 1 is 1.39 bits per heavy atom. The Hall–Kier alpha value is -2.57. The lowest BCUT2D eigenvalue weighted by atomic mass is 10.2. The van der Waals surface area contributed by atoms with Gasteiger partial charge in [-0.2, -0.15) is 0 Å². The normalized spacial score (nSPS) is 10.3. The Balaban J connectivity index is 2.43. The topological polar surface area (TPSA) is 98.0 Å². The maximum absolute atomic E-state index is 11.5. The third-order valence-electron chi connectivity index (χ3n) is 2.33. The molecule has 1 N–H and O–H groups in total. The van der Waals surface area contributed by atoms with Crippen LogP contribution in [-0.2, 0) is 6.54 Å². The van der Waals surface area contributed by atoms with Gasteiger partial charge in [-0.1, -0.05) is 0 Å². The van der Waals surface area contributed by atoms with E-state index < -0.39 is 11.7 Å². The molecule has 0 saturated heterocycles. The number of aryl methyl sites for hydroxylation is 1. The second-order valence-corrected chi connectivity index (χ2v) is 3.73. The van der Waals surface area contributed by atoms with Crippen LogP contribution in [0, 0.1) is 6.92 Å². The molecule has 2 heterocycles. The number of carboxylic acid groups (broad SMARTS) is 1. The van der Waals surface area contributed by atoms with E-state index in [1.807, 2.05) is 0 Å². The van der Waals surface area contributed by atoms with E-state index >= 15 is 0 Å². The molecule has 0 atom stereocenters. The van der Waals surface area contributed by atoms with Gasteiger partial charge in [0.2, 0.25) is 0 Å². The number of nitrogens with zero attached hydrogens (tertiary/aromatic N) is 4. The summed E-state index contributed by atoms with van der Waals surface area (Å²) in [6.07, 6.45) is 5.51. The largest absolute Gasteiger partial charge is 0.478 e. The lowest BCUT2D eigenvalue weighted by Crippen LogP contribution is -2.24. The van der Waals surface area contributed by atoms with E-state index in [4.69, 9.17) is 5.11 Å².